The van der Waals surface area contributed by atoms with E-state index in [0.29, 0.717) is 16.3 Å². The molecule has 2 aromatic rings. The summed E-state index contributed by atoms with van der Waals surface area (Å²) in [7, 11) is 0. The van der Waals surface area contributed by atoms with Crippen molar-refractivity contribution < 1.29 is 14.8 Å². The summed E-state index contributed by atoms with van der Waals surface area (Å²) in [6.07, 6.45) is -1.09. The van der Waals surface area contributed by atoms with Crippen LogP contribution in [0, 0.1) is 10.1 Å². The molecule has 0 aliphatic rings. The predicted molar refractivity (Wildman–Crippen MR) is 85.9 cm³/mol. The van der Waals surface area contributed by atoms with Gasteiger partial charge in [-0.3, -0.25) is 25.8 Å². The van der Waals surface area contributed by atoms with Crippen LogP contribution in [0.3, 0.4) is 0 Å². The van der Waals surface area contributed by atoms with Crippen LogP contribution >= 0.6 is 11.6 Å². The number of rotatable bonds is 6. The molecule has 1 atom stereocenters. The molecule has 1 unspecified atom stereocenters. The van der Waals surface area contributed by atoms with Crippen LogP contribution in [0.5, 0.6) is 0 Å². The van der Waals surface area contributed by atoms with Crippen molar-refractivity contribution in [2.45, 2.75) is 12.5 Å². The molecule has 2 rings (SSSR count). The lowest BCUT2D eigenvalue weighted by molar-refractivity contribution is -0.384. The largest absolute Gasteiger partial charge is 0.388 e. The second-order valence-electron chi connectivity index (χ2n) is 4.75. The number of nitrogens with one attached hydrogen (secondary N) is 2. The van der Waals surface area contributed by atoms with E-state index in [-0.39, 0.29) is 12.1 Å². The Bertz CT molecular complexity index is 689. The normalized spacial score (nSPS) is 11.6. The number of nitro groups is 1. The van der Waals surface area contributed by atoms with Gasteiger partial charge in [0.05, 0.1) is 23.1 Å². The molecule has 0 saturated heterocycles. The highest BCUT2D eigenvalue weighted by molar-refractivity contribution is 6.30. The van der Waals surface area contributed by atoms with E-state index in [4.69, 9.17) is 11.6 Å². The second kappa shape index (κ2) is 7.57. The molecule has 0 aliphatic carbocycles. The molecule has 7 nitrogen and oxygen atoms in total. The lowest BCUT2D eigenvalue weighted by Crippen LogP contribution is -2.30. The molecule has 0 saturated carbocycles. The number of hydrazine groups is 1. The van der Waals surface area contributed by atoms with Crippen molar-refractivity contribution >= 4 is 28.9 Å². The number of aliphatic hydroxyl groups is 1. The first-order valence-corrected chi connectivity index (χ1v) is 7.06. The highest BCUT2D eigenvalue weighted by Crippen LogP contribution is 2.19. The molecule has 120 valence electrons. The number of aliphatic hydroxyl groups excluding tert-OH is 1. The third-order valence-corrected chi connectivity index (χ3v) is 3.31. The number of nitrogens with zero attached hydrogens (tertiary/aromatic N) is 1. The molecule has 0 radical (unpaired) electrons. The standard InChI is InChI=1S/C15H14ClN3O4/c16-11-3-1-10(2-4-11)14(20)9-15(21)18-17-12-5-7-13(8-6-12)19(22)23/h1-8,14,17,20H,9H2,(H,18,21). The van der Waals surface area contributed by atoms with Crippen molar-refractivity contribution in [3.63, 3.8) is 0 Å². The Morgan fingerprint density at radius 2 is 1.78 bits per heavy atom. The van der Waals surface area contributed by atoms with Crippen molar-refractivity contribution in [1.82, 2.24) is 5.43 Å². The maximum atomic E-state index is 11.8. The van der Waals surface area contributed by atoms with Gasteiger partial charge >= 0.3 is 0 Å². The second-order valence-corrected chi connectivity index (χ2v) is 5.19. The first-order valence-electron chi connectivity index (χ1n) is 6.68. The van der Waals surface area contributed by atoms with E-state index < -0.39 is 16.9 Å². The fraction of sp³-hybridized carbons (Fsp3) is 0.133. The number of anilines is 1. The molecule has 0 fully saturated rings. The van der Waals surface area contributed by atoms with Gasteiger partial charge in [-0.2, -0.15) is 0 Å². The van der Waals surface area contributed by atoms with Gasteiger partial charge in [0, 0.05) is 17.2 Å². The Morgan fingerprint density at radius 3 is 2.35 bits per heavy atom. The number of hydrogen-bond acceptors (Lipinski definition) is 5. The van der Waals surface area contributed by atoms with Crippen molar-refractivity contribution in [3.8, 4) is 0 Å². The van der Waals surface area contributed by atoms with Crippen LogP contribution in [0.4, 0.5) is 11.4 Å². The molecule has 1 amide bonds. The number of non-ortho nitro benzene ring substituents is 1. The fourth-order valence-electron chi connectivity index (χ4n) is 1.84. The third-order valence-electron chi connectivity index (χ3n) is 3.06. The van der Waals surface area contributed by atoms with Gasteiger partial charge in [-0.1, -0.05) is 23.7 Å². The van der Waals surface area contributed by atoms with E-state index in [0.717, 1.165) is 0 Å². The number of carbonyl (C=O) groups excluding carboxylic acids is 1. The van der Waals surface area contributed by atoms with Gasteiger partial charge in [-0.05, 0) is 29.8 Å². The number of nitro benzene ring substituents is 1. The molecule has 0 aromatic heterocycles. The zero-order valence-electron chi connectivity index (χ0n) is 11.9. The van der Waals surface area contributed by atoms with Gasteiger partial charge in [0.15, 0.2) is 0 Å². The van der Waals surface area contributed by atoms with Crippen LogP contribution in [0.15, 0.2) is 48.5 Å². The highest BCUT2D eigenvalue weighted by atomic mass is 35.5. The maximum Gasteiger partial charge on any atom is 0.269 e. The summed E-state index contributed by atoms with van der Waals surface area (Å²) in [6, 6.07) is 12.1. The van der Waals surface area contributed by atoms with Crippen LogP contribution in [0.2, 0.25) is 5.02 Å². The van der Waals surface area contributed by atoms with E-state index >= 15 is 0 Å². The van der Waals surface area contributed by atoms with Gasteiger partial charge in [-0.25, -0.2) is 0 Å². The number of amides is 1. The smallest absolute Gasteiger partial charge is 0.269 e. The van der Waals surface area contributed by atoms with Crippen LogP contribution in [0.25, 0.3) is 0 Å². The van der Waals surface area contributed by atoms with Crippen molar-refractivity contribution in [1.29, 1.82) is 0 Å². The Labute approximate surface area is 137 Å². The van der Waals surface area contributed by atoms with Gasteiger partial charge < -0.3 is 5.11 Å². The quantitative estimate of drug-likeness (QED) is 0.556. The summed E-state index contributed by atoms with van der Waals surface area (Å²) >= 11 is 5.76. The fourth-order valence-corrected chi connectivity index (χ4v) is 1.96. The first-order chi connectivity index (χ1) is 11.0. The molecule has 0 heterocycles. The summed E-state index contributed by atoms with van der Waals surface area (Å²) < 4.78 is 0. The third kappa shape index (κ3) is 4.94. The zero-order valence-corrected chi connectivity index (χ0v) is 12.7. The molecule has 8 heteroatoms. The summed E-state index contributed by atoms with van der Waals surface area (Å²) in [5.74, 6) is -0.425. The molecule has 23 heavy (non-hydrogen) atoms. The maximum absolute atomic E-state index is 11.8. The zero-order chi connectivity index (χ0) is 16.8. The van der Waals surface area contributed by atoms with Crippen molar-refractivity contribution in [2.24, 2.45) is 0 Å². The molecule has 3 N–H and O–H groups in total. The van der Waals surface area contributed by atoms with Crippen LogP contribution in [0.1, 0.15) is 18.1 Å². The predicted octanol–water partition coefficient (Wildman–Crippen LogP) is 2.82. The summed E-state index contributed by atoms with van der Waals surface area (Å²) in [5.41, 5.74) is 6.07. The summed E-state index contributed by atoms with van der Waals surface area (Å²) in [5, 5.41) is 21.1. The molecule has 2 aromatic carbocycles. The number of benzene rings is 2. The Balaban J connectivity index is 1.84. The van der Waals surface area contributed by atoms with E-state index in [9.17, 15) is 20.0 Å². The molecular weight excluding hydrogens is 322 g/mol. The van der Waals surface area contributed by atoms with Gasteiger partial charge in [-0.15, -0.1) is 0 Å². The number of carbonyl (C=O) groups is 1. The minimum Gasteiger partial charge on any atom is -0.388 e. The van der Waals surface area contributed by atoms with Gasteiger partial charge in [0.2, 0.25) is 5.91 Å². The average Bonchev–Trinajstić information content (AvgIpc) is 2.54. The summed E-state index contributed by atoms with van der Waals surface area (Å²) in [6.45, 7) is 0. The molecule has 0 aliphatic heterocycles. The van der Waals surface area contributed by atoms with Crippen LogP contribution < -0.4 is 10.9 Å². The number of halogens is 1. The summed E-state index contributed by atoms with van der Waals surface area (Å²) in [4.78, 5) is 21.8. The van der Waals surface area contributed by atoms with E-state index in [1.54, 1.807) is 24.3 Å². The minimum absolute atomic E-state index is 0.0416. The number of hydrogen-bond donors (Lipinski definition) is 3. The Kier molecular flexibility index (Phi) is 5.51. The average molecular weight is 336 g/mol. The van der Waals surface area contributed by atoms with Crippen molar-refractivity contribution in [2.75, 3.05) is 5.43 Å². The van der Waals surface area contributed by atoms with Crippen LogP contribution in [-0.4, -0.2) is 15.9 Å². The first kappa shape index (κ1) is 16.7. The molecule has 0 bridgehead atoms. The van der Waals surface area contributed by atoms with Crippen molar-refractivity contribution in [3.05, 3.63) is 69.2 Å². The van der Waals surface area contributed by atoms with E-state index in [1.807, 2.05) is 0 Å². The highest BCUT2D eigenvalue weighted by Gasteiger charge is 2.13. The SMILES string of the molecule is O=C(CC(O)c1ccc(Cl)cc1)NNc1ccc([N+](=O)[O-])cc1. The lowest BCUT2D eigenvalue weighted by atomic mass is 10.1. The van der Waals surface area contributed by atoms with E-state index in [2.05, 4.69) is 10.9 Å². The monoisotopic (exact) mass is 335 g/mol. The van der Waals surface area contributed by atoms with Crippen LogP contribution in [-0.2, 0) is 4.79 Å². The Hall–Kier alpha value is -2.64. The van der Waals surface area contributed by atoms with Gasteiger partial charge in [0.25, 0.3) is 5.69 Å². The molecular formula is C15H14ClN3O4. The minimum atomic E-state index is -0.953. The van der Waals surface area contributed by atoms with E-state index in [1.165, 1.54) is 24.3 Å². The lowest BCUT2D eigenvalue weighted by Gasteiger charge is -2.12. The topological polar surface area (TPSA) is 104 Å². The van der Waals surface area contributed by atoms with Gasteiger partial charge in [0.1, 0.15) is 0 Å². The Morgan fingerprint density at radius 1 is 1.17 bits per heavy atom. The molecule has 0 spiro atoms.